The minimum Gasteiger partial charge on any atom is -0.353 e. The van der Waals surface area contributed by atoms with Crippen LogP contribution in [0.15, 0.2) is 12.2 Å². The van der Waals surface area contributed by atoms with Crippen LogP contribution in [0.25, 0.3) is 0 Å². The maximum atomic E-state index is 5.87. The van der Waals surface area contributed by atoms with E-state index in [4.69, 9.17) is 9.47 Å². The first-order chi connectivity index (χ1) is 10.8. The van der Waals surface area contributed by atoms with Crippen LogP contribution in [-0.4, -0.2) is 19.5 Å². The molecule has 2 heteroatoms. The van der Waals surface area contributed by atoms with Crippen molar-refractivity contribution < 1.29 is 9.47 Å². The van der Waals surface area contributed by atoms with Crippen LogP contribution in [0.3, 0.4) is 0 Å². The highest BCUT2D eigenvalue weighted by molar-refractivity contribution is 4.79. The maximum absolute atomic E-state index is 5.87. The van der Waals surface area contributed by atoms with Gasteiger partial charge in [0.1, 0.15) is 0 Å². The standard InChI is InChI=1S/C20H40O2/c1-4-7-10-11-12-13-14-15-16-17-20(21-18-8-5-2)22-19-9-6-3/h7,10,20H,4-6,8-9,11-19H2,1-3H3/b10-7+. The summed E-state index contributed by atoms with van der Waals surface area (Å²) in [7, 11) is 0. The van der Waals surface area contributed by atoms with Crippen molar-refractivity contribution in [2.75, 3.05) is 13.2 Å². The summed E-state index contributed by atoms with van der Waals surface area (Å²) in [5, 5.41) is 0. The van der Waals surface area contributed by atoms with Crippen LogP contribution >= 0.6 is 0 Å². The first-order valence-electron chi connectivity index (χ1n) is 9.73. The third-order valence-corrected chi connectivity index (χ3v) is 3.82. The predicted octanol–water partition coefficient (Wildman–Crippen LogP) is 6.64. The molecule has 0 N–H and O–H groups in total. The van der Waals surface area contributed by atoms with Crippen LogP contribution in [0.4, 0.5) is 0 Å². The van der Waals surface area contributed by atoms with Crippen molar-refractivity contribution in [2.45, 2.75) is 104 Å². The summed E-state index contributed by atoms with van der Waals surface area (Å²) in [4.78, 5) is 0. The second-order valence-electron chi connectivity index (χ2n) is 6.10. The summed E-state index contributed by atoms with van der Waals surface area (Å²) in [5.74, 6) is 0. The van der Waals surface area contributed by atoms with Gasteiger partial charge in [-0.05, 0) is 44.9 Å². The first kappa shape index (κ1) is 21.7. The fourth-order valence-corrected chi connectivity index (χ4v) is 2.32. The van der Waals surface area contributed by atoms with E-state index in [2.05, 4.69) is 32.9 Å². The number of unbranched alkanes of at least 4 members (excludes halogenated alkanes) is 7. The summed E-state index contributed by atoms with van der Waals surface area (Å²) < 4.78 is 11.7. The van der Waals surface area contributed by atoms with Crippen molar-refractivity contribution in [1.29, 1.82) is 0 Å². The van der Waals surface area contributed by atoms with Gasteiger partial charge in [-0.25, -0.2) is 0 Å². The fourth-order valence-electron chi connectivity index (χ4n) is 2.32. The molecule has 0 bridgehead atoms. The predicted molar refractivity (Wildman–Crippen MR) is 97.3 cm³/mol. The van der Waals surface area contributed by atoms with Crippen molar-refractivity contribution in [3.05, 3.63) is 12.2 Å². The lowest BCUT2D eigenvalue weighted by atomic mass is 10.1. The molecule has 22 heavy (non-hydrogen) atoms. The van der Waals surface area contributed by atoms with E-state index in [1.807, 2.05) is 0 Å². The lowest BCUT2D eigenvalue weighted by molar-refractivity contribution is -0.147. The minimum absolute atomic E-state index is 0.0330. The Hall–Kier alpha value is -0.340. The summed E-state index contributed by atoms with van der Waals surface area (Å²) in [6.07, 6.45) is 19.3. The maximum Gasteiger partial charge on any atom is 0.157 e. The largest absolute Gasteiger partial charge is 0.353 e. The number of hydrogen-bond acceptors (Lipinski definition) is 2. The van der Waals surface area contributed by atoms with Crippen molar-refractivity contribution >= 4 is 0 Å². The molecule has 0 aromatic heterocycles. The van der Waals surface area contributed by atoms with E-state index in [1.165, 1.54) is 51.4 Å². The molecule has 0 aromatic carbocycles. The topological polar surface area (TPSA) is 18.5 Å². The highest BCUT2D eigenvalue weighted by Crippen LogP contribution is 2.13. The van der Waals surface area contributed by atoms with Crippen LogP contribution in [0, 0.1) is 0 Å². The number of allylic oxidation sites excluding steroid dienone is 2. The highest BCUT2D eigenvalue weighted by atomic mass is 16.7. The molecular formula is C20H40O2. The van der Waals surface area contributed by atoms with Gasteiger partial charge in [0.05, 0.1) is 0 Å². The molecule has 132 valence electrons. The van der Waals surface area contributed by atoms with Gasteiger partial charge in [-0.2, -0.15) is 0 Å². The van der Waals surface area contributed by atoms with E-state index < -0.39 is 0 Å². The molecule has 0 heterocycles. The smallest absolute Gasteiger partial charge is 0.157 e. The molecule has 0 aromatic rings. The molecule has 2 nitrogen and oxygen atoms in total. The van der Waals surface area contributed by atoms with Crippen molar-refractivity contribution in [3.8, 4) is 0 Å². The normalized spacial score (nSPS) is 11.8. The Kier molecular flexibility index (Phi) is 18.4. The molecule has 0 saturated heterocycles. The zero-order valence-electron chi connectivity index (χ0n) is 15.4. The first-order valence-corrected chi connectivity index (χ1v) is 9.73. The van der Waals surface area contributed by atoms with Crippen molar-refractivity contribution in [2.24, 2.45) is 0 Å². The Morgan fingerprint density at radius 2 is 1.27 bits per heavy atom. The van der Waals surface area contributed by atoms with E-state index in [0.717, 1.165) is 38.9 Å². The molecule has 0 fully saturated rings. The Bertz CT molecular complexity index is 216. The molecule has 0 saturated carbocycles. The molecule has 0 aliphatic heterocycles. The Morgan fingerprint density at radius 3 is 1.86 bits per heavy atom. The van der Waals surface area contributed by atoms with E-state index in [1.54, 1.807) is 0 Å². The molecule has 0 aliphatic carbocycles. The van der Waals surface area contributed by atoms with Crippen LogP contribution in [-0.2, 0) is 9.47 Å². The van der Waals surface area contributed by atoms with Gasteiger partial charge in [0.15, 0.2) is 6.29 Å². The molecule has 0 aliphatic rings. The lowest BCUT2D eigenvalue weighted by Crippen LogP contribution is -2.18. The van der Waals surface area contributed by atoms with Crippen LogP contribution in [0.1, 0.15) is 97.8 Å². The molecule has 0 amide bonds. The number of ether oxygens (including phenoxy) is 2. The number of hydrogen-bond donors (Lipinski definition) is 0. The summed E-state index contributed by atoms with van der Waals surface area (Å²) in [5.41, 5.74) is 0. The Balaban J connectivity index is 3.57. The fraction of sp³-hybridized carbons (Fsp3) is 0.900. The van der Waals surface area contributed by atoms with E-state index in [9.17, 15) is 0 Å². The molecule has 0 unspecified atom stereocenters. The Morgan fingerprint density at radius 1 is 0.682 bits per heavy atom. The quantitative estimate of drug-likeness (QED) is 0.170. The minimum atomic E-state index is 0.0330. The van der Waals surface area contributed by atoms with Crippen LogP contribution in [0.5, 0.6) is 0 Å². The van der Waals surface area contributed by atoms with Gasteiger partial charge in [-0.3, -0.25) is 0 Å². The second-order valence-corrected chi connectivity index (χ2v) is 6.10. The molecule has 0 spiro atoms. The van der Waals surface area contributed by atoms with Gasteiger partial charge in [0.2, 0.25) is 0 Å². The molecule has 0 radical (unpaired) electrons. The van der Waals surface area contributed by atoms with E-state index in [-0.39, 0.29) is 6.29 Å². The number of rotatable bonds is 17. The SMILES string of the molecule is CC/C=C/CCCCCCCC(OCCCC)OCCCC. The summed E-state index contributed by atoms with van der Waals surface area (Å²) in [6.45, 7) is 8.28. The van der Waals surface area contributed by atoms with Crippen molar-refractivity contribution in [1.82, 2.24) is 0 Å². The summed E-state index contributed by atoms with van der Waals surface area (Å²) >= 11 is 0. The van der Waals surface area contributed by atoms with Gasteiger partial charge in [0, 0.05) is 13.2 Å². The van der Waals surface area contributed by atoms with Gasteiger partial charge in [-0.15, -0.1) is 0 Å². The second kappa shape index (κ2) is 18.7. The van der Waals surface area contributed by atoms with Gasteiger partial charge in [-0.1, -0.05) is 65.0 Å². The molecule has 0 rings (SSSR count). The lowest BCUT2D eigenvalue weighted by Gasteiger charge is -2.18. The van der Waals surface area contributed by atoms with Crippen LogP contribution in [0.2, 0.25) is 0 Å². The monoisotopic (exact) mass is 312 g/mol. The van der Waals surface area contributed by atoms with Crippen LogP contribution < -0.4 is 0 Å². The third-order valence-electron chi connectivity index (χ3n) is 3.82. The van der Waals surface area contributed by atoms with Gasteiger partial charge >= 0.3 is 0 Å². The average molecular weight is 313 g/mol. The zero-order valence-corrected chi connectivity index (χ0v) is 15.4. The Labute approximate surface area is 139 Å². The van der Waals surface area contributed by atoms with Crippen molar-refractivity contribution in [3.63, 3.8) is 0 Å². The van der Waals surface area contributed by atoms with Gasteiger partial charge in [0.25, 0.3) is 0 Å². The van der Waals surface area contributed by atoms with E-state index in [0.29, 0.717) is 0 Å². The average Bonchev–Trinajstić information content (AvgIpc) is 2.53. The highest BCUT2D eigenvalue weighted by Gasteiger charge is 2.08. The molecule has 0 atom stereocenters. The molecular weight excluding hydrogens is 272 g/mol. The zero-order chi connectivity index (χ0) is 16.3. The summed E-state index contributed by atoms with van der Waals surface area (Å²) in [6, 6.07) is 0. The third kappa shape index (κ3) is 16.0. The van der Waals surface area contributed by atoms with E-state index >= 15 is 0 Å². The van der Waals surface area contributed by atoms with Gasteiger partial charge < -0.3 is 9.47 Å².